The first-order chi connectivity index (χ1) is 12.9. The van der Waals surface area contributed by atoms with Gasteiger partial charge in [-0.3, -0.25) is 9.52 Å². The summed E-state index contributed by atoms with van der Waals surface area (Å²) in [6.07, 6.45) is 3.84. The van der Waals surface area contributed by atoms with Gasteiger partial charge in [0.2, 0.25) is 0 Å². The van der Waals surface area contributed by atoms with E-state index in [2.05, 4.69) is 4.72 Å². The van der Waals surface area contributed by atoms with Gasteiger partial charge in [0.05, 0.1) is 17.6 Å². The molecule has 1 saturated heterocycles. The van der Waals surface area contributed by atoms with Gasteiger partial charge in [0.15, 0.2) is 0 Å². The van der Waals surface area contributed by atoms with E-state index < -0.39 is 10.0 Å². The second-order valence-corrected chi connectivity index (χ2v) is 8.76. The van der Waals surface area contributed by atoms with Crippen LogP contribution in [-0.2, 0) is 10.0 Å². The van der Waals surface area contributed by atoms with Crippen LogP contribution in [0.25, 0.3) is 0 Å². The van der Waals surface area contributed by atoms with Crippen LogP contribution in [0.1, 0.15) is 23.2 Å². The van der Waals surface area contributed by atoms with Crippen LogP contribution in [0.3, 0.4) is 0 Å². The molecule has 144 valence electrons. The molecule has 1 amide bonds. The summed E-state index contributed by atoms with van der Waals surface area (Å²) in [5.41, 5.74) is 0.741. The lowest BCUT2D eigenvalue weighted by Crippen LogP contribution is -2.28. The van der Waals surface area contributed by atoms with E-state index in [0.717, 1.165) is 17.7 Å². The van der Waals surface area contributed by atoms with E-state index in [1.54, 1.807) is 23.1 Å². The van der Waals surface area contributed by atoms with Crippen molar-refractivity contribution in [2.75, 3.05) is 31.2 Å². The zero-order chi connectivity index (χ0) is 19.4. The summed E-state index contributed by atoms with van der Waals surface area (Å²) >= 11 is 1.53. The number of rotatable bonds is 6. The lowest BCUT2D eigenvalue weighted by molar-refractivity contribution is 0.0789. The maximum Gasteiger partial charge on any atom is 0.261 e. The Bertz CT molecular complexity index is 938. The van der Waals surface area contributed by atoms with Gasteiger partial charge < -0.3 is 9.64 Å². The summed E-state index contributed by atoms with van der Waals surface area (Å²) in [5, 5.41) is 0. The number of thioether (sulfide) groups is 1. The number of benzene rings is 2. The molecule has 0 unspecified atom stereocenters. The molecule has 1 aliphatic rings. The van der Waals surface area contributed by atoms with Crippen molar-refractivity contribution in [2.45, 2.75) is 22.6 Å². The number of hydrogen-bond donors (Lipinski definition) is 1. The Morgan fingerprint density at radius 3 is 2.56 bits per heavy atom. The third-order valence-corrected chi connectivity index (χ3v) is 6.53. The number of carbonyl (C=O) groups excluding carboxylic acids is 1. The molecule has 2 aromatic rings. The molecule has 0 bridgehead atoms. The van der Waals surface area contributed by atoms with E-state index in [0.29, 0.717) is 24.5 Å². The van der Waals surface area contributed by atoms with E-state index in [-0.39, 0.29) is 16.4 Å². The minimum absolute atomic E-state index is 0.0281. The number of anilines is 1. The van der Waals surface area contributed by atoms with E-state index in [1.807, 2.05) is 12.3 Å². The molecule has 0 aromatic heterocycles. The van der Waals surface area contributed by atoms with Crippen molar-refractivity contribution in [1.82, 2.24) is 4.90 Å². The van der Waals surface area contributed by atoms with Crippen molar-refractivity contribution in [3.05, 3.63) is 48.0 Å². The highest BCUT2D eigenvalue weighted by molar-refractivity contribution is 7.98. The second-order valence-electron chi connectivity index (χ2n) is 6.20. The Hall–Kier alpha value is -2.19. The maximum absolute atomic E-state index is 12.8. The van der Waals surface area contributed by atoms with Crippen LogP contribution in [0.15, 0.2) is 52.3 Å². The molecule has 27 heavy (non-hydrogen) atoms. The van der Waals surface area contributed by atoms with E-state index in [4.69, 9.17) is 4.74 Å². The van der Waals surface area contributed by atoms with Gasteiger partial charge in [-0.15, -0.1) is 11.8 Å². The quantitative estimate of drug-likeness (QED) is 0.744. The maximum atomic E-state index is 12.8. The highest BCUT2D eigenvalue weighted by atomic mass is 32.2. The predicted octanol–water partition coefficient (Wildman–Crippen LogP) is 3.45. The first-order valence-corrected chi connectivity index (χ1v) is 11.3. The highest BCUT2D eigenvalue weighted by Crippen LogP contribution is 2.27. The molecule has 3 rings (SSSR count). The smallest absolute Gasteiger partial charge is 0.261 e. The molecule has 0 radical (unpaired) electrons. The first-order valence-electron chi connectivity index (χ1n) is 8.59. The topological polar surface area (TPSA) is 75.7 Å². The number of amides is 1. The van der Waals surface area contributed by atoms with E-state index in [1.165, 1.54) is 37.1 Å². The monoisotopic (exact) mass is 406 g/mol. The zero-order valence-electron chi connectivity index (χ0n) is 15.3. The number of nitrogens with one attached hydrogen (secondary N) is 1. The molecule has 1 fully saturated rings. The molecular formula is C19H22N2O4S2. The van der Waals surface area contributed by atoms with Gasteiger partial charge in [0, 0.05) is 23.7 Å². The fourth-order valence-electron chi connectivity index (χ4n) is 3.01. The van der Waals surface area contributed by atoms with E-state index >= 15 is 0 Å². The largest absolute Gasteiger partial charge is 0.496 e. The second kappa shape index (κ2) is 8.22. The average molecular weight is 407 g/mol. The number of hydrogen-bond acceptors (Lipinski definition) is 5. The van der Waals surface area contributed by atoms with Crippen molar-refractivity contribution < 1.29 is 17.9 Å². The zero-order valence-corrected chi connectivity index (χ0v) is 16.9. The van der Waals surface area contributed by atoms with Crippen LogP contribution in [0, 0.1) is 0 Å². The van der Waals surface area contributed by atoms with Crippen LogP contribution in [-0.4, -0.2) is 45.7 Å². The van der Waals surface area contributed by atoms with Crippen molar-refractivity contribution in [3.8, 4) is 5.75 Å². The van der Waals surface area contributed by atoms with Crippen LogP contribution < -0.4 is 9.46 Å². The molecule has 1 aliphatic heterocycles. The summed E-state index contributed by atoms with van der Waals surface area (Å²) in [4.78, 5) is 15.5. The molecule has 8 heteroatoms. The SMILES string of the molecule is COc1ccc(S(=O)(=O)Nc2cccc(SC)c2)cc1C(=O)N1CCCC1. The normalized spacial score (nSPS) is 14.2. The van der Waals surface area contributed by atoms with Gasteiger partial charge in [-0.05, 0) is 55.5 Å². The summed E-state index contributed by atoms with van der Waals surface area (Å²) in [5.74, 6) is 0.168. The van der Waals surface area contributed by atoms with Gasteiger partial charge in [0.25, 0.3) is 15.9 Å². The summed E-state index contributed by atoms with van der Waals surface area (Å²) < 4.78 is 33.5. The molecule has 1 N–H and O–H groups in total. The molecule has 0 aliphatic carbocycles. The minimum Gasteiger partial charge on any atom is -0.496 e. The minimum atomic E-state index is -3.83. The van der Waals surface area contributed by atoms with Crippen molar-refractivity contribution in [1.29, 1.82) is 0 Å². The van der Waals surface area contributed by atoms with Crippen LogP contribution >= 0.6 is 11.8 Å². The molecule has 0 atom stereocenters. The van der Waals surface area contributed by atoms with Crippen molar-refractivity contribution in [2.24, 2.45) is 0 Å². The molecule has 2 aromatic carbocycles. The Morgan fingerprint density at radius 2 is 1.89 bits per heavy atom. The molecular weight excluding hydrogens is 384 g/mol. The molecule has 1 heterocycles. The van der Waals surface area contributed by atoms with Crippen LogP contribution in [0.5, 0.6) is 5.75 Å². The molecule has 0 spiro atoms. The third kappa shape index (κ3) is 4.39. The highest BCUT2D eigenvalue weighted by Gasteiger charge is 2.25. The lowest BCUT2D eigenvalue weighted by Gasteiger charge is -2.18. The van der Waals surface area contributed by atoms with Crippen LogP contribution in [0.4, 0.5) is 5.69 Å². The number of likely N-dealkylation sites (tertiary alicyclic amines) is 1. The Morgan fingerprint density at radius 1 is 1.15 bits per heavy atom. The van der Waals surface area contributed by atoms with Crippen molar-refractivity contribution >= 4 is 33.4 Å². The van der Waals surface area contributed by atoms with Crippen molar-refractivity contribution in [3.63, 3.8) is 0 Å². The number of carbonyl (C=O) groups is 1. The number of ether oxygens (including phenoxy) is 1. The predicted molar refractivity (Wildman–Crippen MR) is 107 cm³/mol. The Labute approximate surface area is 164 Å². The van der Waals surface area contributed by atoms with E-state index in [9.17, 15) is 13.2 Å². The number of nitrogens with zero attached hydrogens (tertiary/aromatic N) is 1. The standard InChI is InChI=1S/C19H22N2O4S2/c1-25-18-9-8-16(13-17(18)19(22)21-10-3-4-11-21)27(23,24)20-14-6-5-7-15(12-14)26-2/h5-9,12-13,20H,3-4,10-11H2,1-2H3. The third-order valence-electron chi connectivity index (χ3n) is 4.43. The fraction of sp³-hybridized carbons (Fsp3) is 0.316. The van der Waals surface area contributed by atoms with Gasteiger partial charge in [-0.2, -0.15) is 0 Å². The Kier molecular flexibility index (Phi) is 5.96. The lowest BCUT2D eigenvalue weighted by atomic mass is 10.1. The van der Waals surface area contributed by atoms with Gasteiger partial charge >= 0.3 is 0 Å². The van der Waals surface area contributed by atoms with Gasteiger partial charge in [-0.1, -0.05) is 6.07 Å². The summed E-state index contributed by atoms with van der Waals surface area (Å²) in [7, 11) is -2.36. The molecule has 6 nitrogen and oxygen atoms in total. The number of sulfonamides is 1. The van der Waals surface area contributed by atoms with Crippen LogP contribution in [0.2, 0.25) is 0 Å². The first kappa shape index (κ1) is 19.6. The Balaban J connectivity index is 1.92. The number of methoxy groups -OCH3 is 1. The summed E-state index contributed by atoms with van der Waals surface area (Å²) in [6.45, 7) is 1.36. The average Bonchev–Trinajstić information content (AvgIpc) is 3.21. The fourth-order valence-corrected chi connectivity index (χ4v) is 4.55. The van der Waals surface area contributed by atoms with Gasteiger partial charge in [-0.25, -0.2) is 8.42 Å². The summed E-state index contributed by atoms with van der Waals surface area (Å²) in [6, 6.07) is 11.5. The molecule has 0 saturated carbocycles. The van der Waals surface area contributed by atoms with Gasteiger partial charge in [0.1, 0.15) is 5.75 Å².